The second kappa shape index (κ2) is 9.38. The number of rotatable bonds is 7. The number of hydrogen-bond donors (Lipinski definition) is 1. The predicted molar refractivity (Wildman–Crippen MR) is 125 cm³/mol. The quantitative estimate of drug-likeness (QED) is 0.550. The molecule has 0 aliphatic rings. The van der Waals surface area contributed by atoms with Crippen LogP contribution in [0.15, 0.2) is 54.6 Å². The van der Waals surface area contributed by atoms with Gasteiger partial charge in [-0.2, -0.15) is 0 Å². The zero-order valence-electron chi connectivity index (χ0n) is 19.4. The van der Waals surface area contributed by atoms with Crippen LogP contribution >= 0.6 is 0 Å². The Morgan fingerprint density at radius 1 is 0.900 bits per heavy atom. The molecule has 0 fully saturated rings. The lowest BCUT2D eigenvalue weighted by atomic mass is 9.80. The average molecular weight is 410 g/mol. The van der Waals surface area contributed by atoms with E-state index in [1.807, 2.05) is 37.3 Å². The highest BCUT2D eigenvalue weighted by Gasteiger charge is 2.23. The summed E-state index contributed by atoms with van der Waals surface area (Å²) in [5, 5.41) is 2.86. The fourth-order valence-electron chi connectivity index (χ4n) is 2.89. The molecule has 4 heteroatoms. The van der Waals surface area contributed by atoms with Crippen molar-refractivity contribution in [3.8, 4) is 11.5 Å². The van der Waals surface area contributed by atoms with Crippen molar-refractivity contribution in [1.29, 1.82) is 0 Å². The highest BCUT2D eigenvalue weighted by Crippen LogP contribution is 2.35. The van der Waals surface area contributed by atoms with Crippen molar-refractivity contribution in [3.63, 3.8) is 0 Å². The molecule has 1 N–H and O–H groups in total. The number of nitrogens with one attached hydrogen (secondary N) is 1. The van der Waals surface area contributed by atoms with Gasteiger partial charge in [-0.25, -0.2) is 0 Å². The summed E-state index contributed by atoms with van der Waals surface area (Å²) in [6.07, 6.45) is 0. The van der Waals surface area contributed by atoms with Crippen LogP contribution in [0.25, 0.3) is 0 Å². The summed E-state index contributed by atoms with van der Waals surface area (Å²) in [6, 6.07) is 13.5. The van der Waals surface area contributed by atoms with E-state index in [9.17, 15) is 4.79 Å². The number of anilines is 1. The second-order valence-corrected chi connectivity index (χ2v) is 9.82. The molecular weight excluding hydrogens is 374 g/mol. The number of carbonyl (C=O) groups is 1. The van der Waals surface area contributed by atoms with Crippen LogP contribution in [-0.4, -0.2) is 19.1 Å². The van der Waals surface area contributed by atoms with Gasteiger partial charge in [0.05, 0.1) is 0 Å². The summed E-state index contributed by atoms with van der Waals surface area (Å²) < 4.78 is 11.5. The van der Waals surface area contributed by atoms with Gasteiger partial charge in [-0.15, -0.1) is 0 Å². The SMILES string of the molecule is C=C(C)COc1ccc(NC(=O)COc2ccc(C(C)(C)C)cc2C(C)(C)C)cc1. The third-order valence-electron chi connectivity index (χ3n) is 4.64. The third kappa shape index (κ3) is 6.94. The molecule has 2 aromatic carbocycles. The zero-order chi connectivity index (χ0) is 22.5. The monoisotopic (exact) mass is 409 g/mol. The Labute approximate surface area is 181 Å². The first-order chi connectivity index (χ1) is 13.9. The first-order valence-corrected chi connectivity index (χ1v) is 10.3. The lowest BCUT2D eigenvalue weighted by Crippen LogP contribution is -2.22. The minimum atomic E-state index is -0.203. The van der Waals surface area contributed by atoms with E-state index in [0.717, 1.165) is 22.6 Å². The standard InChI is InChI=1S/C26H35NO3/c1-18(2)16-29-21-12-10-20(11-13-21)27-24(28)17-30-23-14-9-19(25(3,4)5)15-22(23)26(6,7)8/h9-15H,1,16-17H2,2-8H3,(H,27,28). The van der Waals surface area contributed by atoms with Crippen molar-refractivity contribution in [2.45, 2.75) is 59.3 Å². The summed E-state index contributed by atoms with van der Waals surface area (Å²) in [5.41, 5.74) is 3.96. The van der Waals surface area contributed by atoms with Gasteiger partial charge in [-0.1, -0.05) is 60.3 Å². The summed E-state index contributed by atoms with van der Waals surface area (Å²) in [7, 11) is 0. The highest BCUT2D eigenvalue weighted by molar-refractivity contribution is 5.91. The smallest absolute Gasteiger partial charge is 0.262 e. The van der Waals surface area contributed by atoms with E-state index in [-0.39, 0.29) is 23.3 Å². The van der Waals surface area contributed by atoms with Gasteiger partial charge in [0.25, 0.3) is 5.91 Å². The van der Waals surface area contributed by atoms with Crippen molar-refractivity contribution >= 4 is 11.6 Å². The largest absolute Gasteiger partial charge is 0.489 e. The number of ether oxygens (including phenoxy) is 2. The van der Waals surface area contributed by atoms with Crippen LogP contribution in [0.2, 0.25) is 0 Å². The molecule has 0 radical (unpaired) electrons. The topological polar surface area (TPSA) is 47.6 Å². The van der Waals surface area contributed by atoms with Crippen LogP contribution in [-0.2, 0) is 15.6 Å². The van der Waals surface area contributed by atoms with Gasteiger partial charge in [0, 0.05) is 5.69 Å². The van der Waals surface area contributed by atoms with Crippen molar-refractivity contribution in [1.82, 2.24) is 0 Å². The molecule has 0 unspecified atom stereocenters. The van der Waals surface area contributed by atoms with Gasteiger partial charge in [0.2, 0.25) is 0 Å². The molecule has 4 nitrogen and oxygen atoms in total. The third-order valence-corrected chi connectivity index (χ3v) is 4.64. The highest BCUT2D eigenvalue weighted by atomic mass is 16.5. The maximum absolute atomic E-state index is 12.4. The maximum atomic E-state index is 12.4. The zero-order valence-corrected chi connectivity index (χ0v) is 19.4. The molecule has 0 aliphatic carbocycles. The van der Waals surface area contributed by atoms with Gasteiger partial charge in [0.15, 0.2) is 6.61 Å². The molecule has 0 bridgehead atoms. The fraction of sp³-hybridized carbons (Fsp3) is 0.423. The Kier molecular flexibility index (Phi) is 7.35. The molecule has 0 aliphatic heterocycles. The molecule has 30 heavy (non-hydrogen) atoms. The predicted octanol–water partition coefficient (Wildman–Crippen LogP) is 6.25. The Bertz CT molecular complexity index is 884. The normalized spacial score (nSPS) is 11.7. The molecule has 0 saturated heterocycles. The van der Waals surface area contributed by atoms with Crippen molar-refractivity contribution in [2.24, 2.45) is 0 Å². The number of carbonyl (C=O) groups excluding carboxylic acids is 1. The minimum absolute atomic E-state index is 0.0497. The van der Waals surface area contributed by atoms with Gasteiger partial charge in [0.1, 0.15) is 18.1 Å². The molecule has 0 heterocycles. The van der Waals surface area contributed by atoms with Crippen molar-refractivity contribution < 1.29 is 14.3 Å². The van der Waals surface area contributed by atoms with Gasteiger partial charge < -0.3 is 14.8 Å². The van der Waals surface area contributed by atoms with Crippen LogP contribution in [0.4, 0.5) is 5.69 Å². The van der Waals surface area contributed by atoms with E-state index in [1.165, 1.54) is 5.56 Å². The van der Waals surface area contributed by atoms with Gasteiger partial charge >= 0.3 is 0 Å². The van der Waals surface area contributed by atoms with Crippen LogP contribution < -0.4 is 14.8 Å². The number of amides is 1. The molecule has 0 aromatic heterocycles. The van der Waals surface area contributed by atoms with E-state index in [1.54, 1.807) is 0 Å². The van der Waals surface area contributed by atoms with Crippen molar-refractivity contribution in [3.05, 3.63) is 65.7 Å². The Balaban J connectivity index is 2.03. The summed E-state index contributed by atoms with van der Waals surface area (Å²) in [6.45, 7) is 19.2. The van der Waals surface area contributed by atoms with Gasteiger partial charge in [-0.3, -0.25) is 4.79 Å². The molecule has 2 aromatic rings. The molecule has 0 saturated carbocycles. The second-order valence-electron chi connectivity index (χ2n) is 9.82. The lowest BCUT2D eigenvalue weighted by Gasteiger charge is -2.27. The summed E-state index contributed by atoms with van der Waals surface area (Å²) in [4.78, 5) is 12.4. The lowest BCUT2D eigenvalue weighted by molar-refractivity contribution is -0.118. The first-order valence-electron chi connectivity index (χ1n) is 10.3. The molecule has 0 atom stereocenters. The van der Waals surface area contributed by atoms with Crippen LogP contribution in [0.1, 0.15) is 59.6 Å². The van der Waals surface area contributed by atoms with E-state index in [4.69, 9.17) is 9.47 Å². The van der Waals surface area contributed by atoms with E-state index < -0.39 is 0 Å². The van der Waals surface area contributed by atoms with Gasteiger partial charge in [-0.05, 0) is 64.8 Å². The van der Waals surface area contributed by atoms with Crippen molar-refractivity contribution in [2.75, 3.05) is 18.5 Å². The van der Waals surface area contributed by atoms with E-state index in [0.29, 0.717) is 12.3 Å². The summed E-state index contributed by atoms with van der Waals surface area (Å²) >= 11 is 0. The Hall–Kier alpha value is -2.75. The molecule has 162 valence electrons. The molecule has 2 rings (SSSR count). The minimum Gasteiger partial charge on any atom is -0.489 e. The maximum Gasteiger partial charge on any atom is 0.262 e. The fourth-order valence-corrected chi connectivity index (χ4v) is 2.89. The first kappa shape index (κ1) is 23.5. The Morgan fingerprint density at radius 3 is 2.07 bits per heavy atom. The number of benzene rings is 2. The van der Waals surface area contributed by atoms with Crippen LogP contribution in [0.5, 0.6) is 11.5 Å². The summed E-state index contributed by atoms with van der Waals surface area (Å²) in [5.74, 6) is 1.28. The van der Waals surface area contributed by atoms with Crippen LogP contribution in [0.3, 0.4) is 0 Å². The number of hydrogen-bond acceptors (Lipinski definition) is 3. The average Bonchev–Trinajstić information content (AvgIpc) is 2.64. The van der Waals surface area contributed by atoms with E-state index >= 15 is 0 Å². The van der Waals surface area contributed by atoms with E-state index in [2.05, 4.69) is 65.6 Å². The Morgan fingerprint density at radius 2 is 1.53 bits per heavy atom. The molecule has 0 spiro atoms. The molecule has 1 amide bonds. The molecular formula is C26H35NO3. The van der Waals surface area contributed by atoms with Crippen LogP contribution in [0, 0.1) is 0 Å².